The van der Waals surface area contributed by atoms with Crippen LogP contribution in [-0.4, -0.2) is 22.8 Å². The quantitative estimate of drug-likeness (QED) is 0.727. The van der Waals surface area contributed by atoms with Crippen molar-refractivity contribution in [2.75, 3.05) is 6.54 Å². The number of rotatable bonds is 4. The average molecular weight is 310 g/mol. The fourth-order valence-electron chi connectivity index (χ4n) is 2.38. The molecule has 1 atom stereocenters. The van der Waals surface area contributed by atoms with Gasteiger partial charge in [0.25, 0.3) is 5.56 Å². The fraction of sp³-hybridized carbons (Fsp3) is 0.222. The normalized spacial score (nSPS) is 14.4. The number of aliphatic hydroxyl groups is 1. The molecule has 2 N–H and O–H groups in total. The predicted octanol–water partition coefficient (Wildman–Crippen LogP) is 2.76. The Morgan fingerprint density at radius 3 is 2.83 bits per heavy atom. The number of aryl methyl sites for hydroxylation is 1. The summed E-state index contributed by atoms with van der Waals surface area (Å²) in [6.07, 6.45) is 1.48. The molecule has 23 heavy (non-hydrogen) atoms. The zero-order valence-corrected chi connectivity index (χ0v) is 13.0. The molecule has 0 amide bonds. The molecule has 0 bridgehead atoms. The lowest BCUT2D eigenvalue weighted by atomic mass is 10.0. The van der Waals surface area contributed by atoms with E-state index in [0.29, 0.717) is 11.3 Å². The van der Waals surface area contributed by atoms with Crippen LogP contribution in [0.2, 0.25) is 0 Å². The van der Waals surface area contributed by atoms with Crippen molar-refractivity contribution in [1.29, 1.82) is 0 Å². The zero-order valence-electron chi connectivity index (χ0n) is 13.0. The zero-order chi connectivity index (χ0) is 16.4. The van der Waals surface area contributed by atoms with Crippen LogP contribution in [0.3, 0.4) is 0 Å². The smallest absolute Gasteiger partial charge is 0.257 e. The second-order valence-electron chi connectivity index (χ2n) is 5.79. The van der Waals surface area contributed by atoms with Crippen LogP contribution in [-0.2, 0) is 5.60 Å². The summed E-state index contributed by atoms with van der Waals surface area (Å²) in [6.45, 7) is 3.55. The molecule has 0 aliphatic carbocycles. The van der Waals surface area contributed by atoms with E-state index in [0.717, 1.165) is 16.7 Å². The number of aliphatic imine (C=N–C) groups is 1. The van der Waals surface area contributed by atoms with Crippen LogP contribution in [0.5, 0.6) is 0 Å². The van der Waals surface area contributed by atoms with E-state index in [1.54, 1.807) is 25.1 Å². The molecule has 0 fully saturated rings. The summed E-state index contributed by atoms with van der Waals surface area (Å²) in [4.78, 5) is 19.1. The Balaban J connectivity index is 1.83. The summed E-state index contributed by atoms with van der Waals surface area (Å²) in [5, 5.41) is 11.4. The lowest BCUT2D eigenvalue weighted by molar-refractivity contribution is 0.0431. The monoisotopic (exact) mass is 310 g/mol. The van der Waals surface area contributed by atoms with Gasteiger partial charge in [0.2, 0.25) is 0 Å². The van der Waals surface area contributed by atoms with E-state index in [1.165, 1.54) is 6.21 Å². The molecule has 118 valence electrons. The van der Waals surface area contributed by atoms with Gasteiger partial charge in [-0.05, 0) is 43.5 Å². The molecule has 0 aliphatic rings. The third-order valence-electron chi connectivity index (χ3n) is 3.68. The number of benzene rings is 1. The van der Waals surface area contributed by atoms with Crippen LogP contribution in [0.1, 0.15) is 24.0 Å². The molecule has 2 aromatic heterocycles. The molecule has 0 saturated heterocycles. The number of pyridine rings is 1. The van der Waals surface area contributed by atoms with Gasteiger partial charge in [-0.3, -0.25) is 9.79 Å². The lowest BCUT2D eigenvalue weighted by Crippen LogP contribution is -2.24. The van der Waals surface area contributed by atoms with E-state index in [4.69, 9.17) is 4.42 Å². The molecule has 2 heterocycles. The van der Waals surface area contributed by atoms with Gasteiger partial charge in [0.15, 0.2) is 0 Å². The Labute approximate surface area is 133 Å². The van der Waals surface area contributed by atoms with Gasteiger partial charge in [0.1, 0.15) is 17.1 Å². The van der Waals surface area contributed by atoms with E-state index in [2.05, 4.69) is 9.98 Å². The number of aromatic amines is 1. The number of para-hydroxylation sites is 1. The second-order valence-corrected chi connectivity index (χ2v) is 5.79. The number of furan rings is 1. The number of nitrogens with one attached hydrogen (secondary N) is 1. The van der Waals surface area contributed by atoms with Crippen molar-refractivity contribution in [1.82, 2.24) is 4.98 Å². The van der Waals surface area contributed by atoms with E-state index in [-0.39, 0.29) is 12.1 Å². The molecule has 5 nitrogen and oxygen atoms in total. The predicted molar refractivity (Wildman–Crippen MR) is 90.0 cm³/mol. The number of hydrogen-bond acceptors (Lipinski definition) is 4. The third kappa shape index (κ3) is 3.24. The van der Waals surface area contributed by atoms with E-state index in [9.17, 15) is 9.90 Å². The molecule has 0 aliphatic heterocycles. The maximum absolute atomic E-state index is 12.0. The number of nitrogens with zero attached hydrogens (tertiary/aromatic N) is 1. The first kappa shape index (κ1) is 15.2. The molecule has 0 radical (unpaired) electrons. The van der Waals surface area contributed by atoms with Crippen molar-refractivity contribution in [3.63, 3.8) is 0 Å². The Morgan fingerprint density at radius 2 is 2.09 bits per heavy atom. The standard InChI is InChI=1S/C18H18N2O3/c1-12-7-8-16(23-12)18(2,22)11-19-10-14-9-13-5-3-4-6-15(13)20-17(14)21/h3-10,22H,11H2,1-2H3,(H,20,21). The summed E-state index contributed by atoms with van der Waals surface area (Å²) in [6, 6.07) is 12.9. The first-order valence-corrected chi connectivity index (χ1v) is 7.37. The van der Waals surface area contributed by atoms with Gasteiger partial charge in [-0.25, -0.2) is 0 Å². The highest BCUT2D eigenvalue weighted by molar-refractivity contribution is 5.87. The molecule has 3 rings (SSSR count). The number of H-pyrrole nitrogens is 1. The number of fused-ring (bicyclic) bond motifs is 1. The van der Waals surface area contributed by atoms with Crippen LogP contribution in [0, 0.1) is 6.92 Å². The first-order valence-electron chi connectivity index (χ1n) is 7.37. The summed E-state index contributed by atoms with van der Waals surface area (Å²) in [5.74, 6) is 1.19. The minimum absolute atomic E-state index is 0.103. The Bertz CT molecular complexity index is 919. The SMILES string of the molecule is Cc1ccc(C(C)(O)CN=Cc2cc3ccccc3[nH]c2=O)o1. The van der Waals surface area contributed by atoms with Crippen LogP contribution >= 0.6 is 0 Å². The molecule has 1 unspecified atom stereocenters. The number of aromatic nitrogens is 1. The van der Waals surface area contributed by atoms with Crippen LogP contribution in [0.15, 0.2) is 56.7 Å². The molecular weight excluding hydrogens is 292 g/mol. The first-order chi connectivity index (χ1) is 11.0. The summed E-state index contributed by atoms with van der Waals surface area (Å²) < 4.78 is 5.44. The van der Waals surface area contributed by atoms with Gasteiger partial charge in [0.05, 0.1) is 12.1 Å². The Morgan fingerprint density at radius 1 is 1.30 bits per heavy atom. The Hall–Kier alpha value is -2.66. The minimum Gasteiger partial charge on any atom is -0.463 e. The van der Waals surface area contributed by atoms with Crippen molar-refractivity contribution in [2.24, 2.45) is 4.99 Å². The van der Waals surface area contributed by atoms with Gasteiger partial charge in [-0.2, -0.15) is 0 Å². The topological polar surface area (TPSA) is 78.6 Å². The Kier molecular flexibility index (Phi) is 3.88. The molecular formula is C18H18N2O3. The van der Waals surface area contributed by atoms with Crippen molar-refractivity contribution < 1.29 is 9.52 Å². The highest BCUT2D eigenvalue weighted by atomic mass is 16.4. The van der Waals surface area contributed by atoms with E-state index < -0.39 is 5.60 Å². The van der Waals surface area contributed by atoms with Gasteiger partial charge in [-0.1, -0.05) is 18.2 Å². The van der Waals surface area contributed by atoms with Gasteiger partial charge in [0, 0.05) is 11.7 Å². The van der Waals surface area contributed by atoms with Crippen LogP contribution < -0.4 is 5.56 Å². The van der Waals surface area contributed by atoms with Crippen molar-refractivity contribution in [3.8, 4) is 0 Å². The summed E-state index contributed by atoms with van der Waals surface area (Å²) in [7, 11) is 0. The second kappa shape index (κ2) is 5.85. The average Bonchev–Trinajstić information content (AvgIpc) is 2.95. The van der Waals surface area contributed by atoms with Gasteiger partial charge in [-0.15, -0.1) is 0 Å². The minimum atomic E-state index is -1.21. The maximum Gasteiger partial charge on any atom is 0.257 e. The van der Waals surface area contributed by atoms with Crippen molar-refractivity contribution in [3.05, 3.63) is 69.9 Å². The van der Waals surface area contributed by atoms with E-state index >= 15 is 0 Å². The highest BCUT2D eigenvalue weighted by Gasteiger charge is 2.26. The molecule has 0 saturated carbocycles. The van der Waals surface area contributed by atoms with Gasteiger partial charge >= 0.3 is 0 Å². The molecule has 5 heteroatoms. The lowest BCUT2D eigenvalue weighted by Gasteiger charge is -2.17. The van der Waals surface area contributed by atoms with Crippen molar-refractivity contribution in [2.45, 2.75) is 19.4 Å². The number of hydrogen-bond donors (Lipinski definition) is 2. The summed E-state index contributed by atoms with van der Waals surface area (Å²) >= 11 is 0. The van der Waals surface area contributed by atoms with Crippen molar-refractivity contribution >= 4 is 17.1 Å². The van der Waals surface area contributed by atoms with Gasteiger partial charge < -0.3 is 14.5 Å². The molecule has 0 spiro atoms. The molecule has 3 aromatic rings. The largest absolute Gasteiger partial charge is 0.463 e. The maximum atomic E-state index is 12.0. The van der Waals surface area contributed by atoms with Crippen LogP contribution in [0.4, 0.5) is 0 Å². The fourth-order valence-corrected chi connectivity index (χ4v) is 2.38. The van der Waals surface area contributed by atoms with Crippen LogP contribution in [0.25, 0.3) is 10.9 Å². The summed E-state index contributed by atoms with van der Waals surface area (Å²) in [5.41, 5.74) is -0.183. The van der Waals surface area contributed by atoms with E-state index in [1.807, 2.05) is 31.2 Å². The third-order valence-corrected chi connectivity index (χ3v) is 3.68. The highest BCUT2D eigenvalue weighted by Crippen LogP contribution is 2.23. The molecule has 1 aromatic carbocycles.